The van der Waals surface area contributed by atoms with Crippen molar-refractivity contribution in [2.24, 2.45) is 0 Å². The number of hydrogen-bond acceptors (Lipinski definition) is 7. The number of nitrogens with zero attached hydrogens (tertiary/aromatic N) is 4. The fraction of sp³-hybridized carbons (Fsp3) is 0.500. The van der Waals surface area contributed by atoms with Gasteiger partial charge < -0.3 is 19.7 Å². The lowest BCUT2D eigenvalue weighted by atomic mass is 10.1. The van der Waals surface area contributed by atoms with Crippen molar-refractivity contribution < 1.29 is 14.3 Å². The second-order valence-corrected chi connectivity index (χ2v) is 8.30. The quantitative estimate of drug-likeness (QED) is 0.736. The SMILES string of the molecule is Cc1ccc(Nc2cc(OC3CCN(C(=O)OC(C)(C)C)CC3)ncn2)c(Cl)n1. The fourth-order valence-electron chi connectivity index (χ4n) is 2.88. The molecule has 1 saturated heterocycles. The minimum atomic E-state index is -0.495. The molecule has 1 amide bonds. The number of amides is 1. The van der Waals surface area contributed by atoms with Crippen molar-refractivity contribution in [3.63, 3.8) is 0 Å². The zero-order valence-electron chi connectivity index (χ0n) is 17.1. The van der Waals surface area contributed by atoms with E-state index in [1.54, 1.807) is 11.0 Å². The maximum atomic E-state index is 12.2. The van der Waals surface area contributed by atoms with Gasteiger partial charge in [0.05, 0.1) is 5.69 Å². The van der Waals surface area contributed by atoms with Gasteiger partial charge in [0, 0.05) is 37.7 Å². The molecular formula is C20H26ClN5O3. The Morgan fingerprint density at radius 3 is 2.62 bits per heavy atom. The summed E-state index contributed by atoms with van der Waals surface area (Å²) >= 11 is 6.16. The number of ether oxygens (including phenoxy) is 2. The summed E-state index contributed by atoms with van der Waals surface area (Å²) in [5.41, 5.74) is 1.00. The van der Waals surface area contributed by atoms with Crippen LogP contribution in [0.4, 0.5) is 16.3 Å². The van der Waals surface area contributed by atoms with Crippen LogP contribution in [0.25, 0.3) is 0 Å². The molecule has 9 heteroatoms. The second-order valence-electron chi connectivity index (χ2n) is 7.94. The second kappa shape index (κ2) is 8.82. The molecule has 29 heavy (non-hydrogen) atoms. The Kier molecular flexibility index (Phi) is 6.42. The summed E-state index contributed by atoms with van der Waals surface area (Å²) in [7, 11) is 0. The molecule has 0 aromatic carbocycles. The Morgan fingerprint density at radius 1 is 1.24 bits per heavy atom. The van der Waals surface area contributed by atoms with Crippen molar-refractivity contribution in [2.75, 3.05) is 18.4 Å². The highest BCUT2D eigenvalue weighted by Crippen LogP contribution is 2.25. The molecule has 3 rings (SSSR count). The normalized spacial score (nSPS) is 15.1. The number of pyridine rings is 1. The van der Waals surface area contributed by atoms with Gasteiger partial charge in [0.1, 0.15) is 23.9 Å². The Hall–Kier alpha value is -2.61. The molecule has 1 aliphatic heterocycles. The first-order valence-corrected chi connectivity index (χ1v) is 9.94. The van der Waals surface area contributed by atoms with Crippen molar-refractivity contribution in [1.29, 1.82) is 0 Å². The third-order valence-corrected chi connectivity index (χ3v) is 4.56. The lowest BCUT2D eigenvalue weighted by molar-refractivity contribution is 0.0123. The van der Waals surface area contributed by atoms with Crippen molar-refractivity contribution in [2.45, 2.75) is 52.2 Å². The summed E-state index contributed by atoms with van der Waals surface area (Å²) in [5, 5.41) is 3.50. The monoisotopic (exact) mass is 419 g/mol. The number of aryl methyl sites for hydroxylation is 1. The van der Waals surface area contributed by atoms with Gasteiger partial charge in [-0.05, 0) is 39.8 Å². The van der Waals surface area contributed by atoms with Gasteiger partial charge in [0.2, 0.25) is 5.88 Å². The number of halogens is 1. The number of anilines is 2. The van der Waals surface area contributed by atoms with E-state index in [4.69, 9.17) is 21.1 Å². The van der Waals surface area contributed by atoms with Gasteiger partial charge in [-0.25, -0.2) is 19.7 Å². The van der Waals surface area contributed by atoms with E-state index < -0.39 is 5.60 Å². The molecule has 8 nitrogen and oxygen atoms in total. The van der Waals surface area contributed by atoms with Crippen molar-refractivity contribution in [3.05, 3.63) is 35.4 Å². The molecular weight excluding hydrogens is 394 g/mol. The zero-order chi connectivity index (χ0) is 21.0. The highest BCUT2D eigenvalue weighted by molar-refractivity contribution is 6.32. The molecule has 1 N–H and O–H groups in total. The summed E-state index contributed by atoms with van der Waals surface area (Å²) in [5.74, 6) is 1.03. The standard InChI is InChI=1S/C20H26ClN5O3/c1-13-5-6-15(18(21)24-13)25-16-11-17(23-12-22-16)28-14-7-9-26(10-8-14)19(27)29-20(2,3)4/h5-6,11-12,14H,7-10H2,1-4H3,(H,22,23,25). The maximum Gasteiger partial charge on any atom is 0.410 e. The van der Waals surface area contributed by atoms with E-state index in [-0.39, 0.29) is 12.2 Å². The number of piperidine rings is 1. The number of likely N-dealkylation sites (tertiary alicyclic amines) is 1. The predicted molar refractivity (Wildman–Crippen MR) is 111 cm³/mol. The third kappa shape index (κ3) is 6.19. The smallest absolute Gasteiger partial charge is 0.410 e. The topological polar surface area (TPSA) is 89.5 Å². The van der Waals surface area contributed by atoms with Crippen LogP contribution in [-0.4, -0.2) is 50.7 Å². The molecule has 0 bridgehead atoms. The largest absolute Gasteiger partial charge is 0.474 e. The molecule has 156 valence electrons. The van der Waals surface area contributed by atoms with E-state index >= 15 is 0 Å². The lowest BCUT2D eigenvalue weighted by Gasteiger charge is -2.33. The summed E-state index contributed by atoms with van der Waals surface area (Å²) in [4.78, 5) is 26.5. The van der Waals surface area contributed by atoms with Gasteiger partial charge in [-0.3, -0.25) is 0 Å². The van der Waals surface area contributed by atoms with Gasteiger partial charge >= 0.3 is 6.09 Å². The first-order chi connectivity index (χ1) is 13.7. The van der Waals surface area contributed by atoms with Gasteiger partial charge in [-0.2, -0.15) is 0 Å². The molecule has 1 fully saturated rings. The molecule has 0 saturated carbocycles. The van der Waals surface area contributed by atoms with Crippen LogP contribution >= 0.6 is 11.6 Å². The molecule has 2 aromatic rings. The summed E-state index contributed by atoms with van der Waals surface area (Å²) < 4.78 is 11.4. The summed E-state index contributed by atoms with van der Waals surface area (Å²) in [6.45, 7) is 8.63. The van der Waals surface area contributed by atoms with Crippen LogP contribution < -0.4 is 10.1 Å². The lowest BCUT2D eigenvalue weighted by Crippen LogP contribution is -2.44. The van der Waals surface area contributed by atoms with Crippen LogP contribution in [0, 0.1) is 6.92 Å². The van der Waals surface area contributed by atoms with E-state index in [0.717, 1.165) is 5.69 Å². The number of rotatable bonds is 4. The molecule has 2 aromatic heterocycles. The number of nitrogens with one attached hydrogen (secondary N) is 1. The van der Waals surface area contributed by atoms with Crippen LogP contribution in [0.1, 0.15) is 39.3 Å². The number of aromatic nitrogens is 3. The zero-order valence-corrected chi connectivity index (χ0v) is 17.9. The van der Waals surface area contributed by atoms with Crippen LogP contribution in [0.5, 0.6) is 5.88 Å². The highest BCUT2D eigenvalue weighted by atomic mass is 35.5. The molecule has 0 spiro atoms. The Balaban J connectivity index is 1.55. The van der Waals surface area contributed by atoms with E-state index in [2.05, 4.69) is 20.3 Å². The Labute approximate surface area is 175 Å². The minimum Gasteiger partial charge on any atom is -0.474 e. The molecule has 1 aliphatic rings. The van der Waals surface area contributed by atoms with Gasteiger partial charge in [-0.15, -0.1) is 0 Å². The predicted octanol–water partition coefficient (Wildman–Crippen LogP) is 4.36. The van der Waals surface area contributed by atoms with Crippen molar-refractivity contribution in [3.8, 4) is 5.88 Å². The number of hydrogen-bond donors (Lipinski definition) is 1. The molecule has 3 heterocycles. The molecule has 0 radical (unpaired) electrons. The van der Waals surface area contributed by atoms with Gasteiger partial charge in [0.25, 0.3) is 0 Å². The highest BCUT2D eigenvalue weighted by Gasteiger charge is 2.27. The molecule has 0 aliphatic carbocycles. The number of carbonyl (C=O) groups excluding carboxylic acids is 1. The van der Waals surface area contributed by atoms with Crippen LogP contribution in [0.2, 0.25) is 5.15 Å². The summed E-state index contributed by atoms with van der Waals surface area (Å²) in [6.07, 6.45) is 2.54. The Bertz CT molecular complexity index is 863. The molecule has 0 atom stereocenters. The fourth-order valence-corrected chi connectivity index (χ4v) is 3.13. The van der Waals surface area contributed by atoms with E-state index in [1.165, 1.54) is 6.33 Å². The van der Waals surface area contributed by atoms with Gasteiger partial charge in [-0.1, -0.05) is 11.6 Å². The van der Waals surface area contributed by atoms with Gasteiger partial charge in [0.15, 0.2) is 5.15 Å². The number of carbonyl (C=O) groups is 1. The third-order valence-electron chi connectivity index (χ3n) is 4.27. The Morgan fingerprint density at radius 2 is 1.97 bits per heavy atom. The maximum absolute atomic E-state index is 12.2. The van der Waals surface area contributed by atoms with Crippen molar-refractivity contribution in [1.82, 2.24) is 19.9 Å². The minimum absolute atomic E-state index is 0.0268. The van der Waals surface area contributed by atoms with Crippen LogP contribution in [0.3, 0.4) is 0 Å². The average molecular weight is 420 g/mol. The van der Waals surface area contributed by atoms with E-state index in [9.17, 15) is 4.79 Å². The average Bonchev–Trinajstić information content (AvgIpc) is 2.64. The van der Waals surface area contributed by atoms with E-state index in [1.807, 2.05) is 39.8 Å². The summed E-state index contributed by atoms with van der Waals surface area (Å²) in [6, 6.07) is 5.43. The first-order valence-electron chi connectivity index (χ1n) is 9.56. The van der Waals surface area contributed by atoms with E-state index in [0.29, 0.717) is 48.5 Å². The van der Waals surface area contributed by atoms with Crippen LogP contribution in [-0.2, 0) is 4.74 Å². The van der Waals surface area contributed by atoms with Crippen LogP contribution in [0.15, 0.2) is 24.5 Å². The first kappa shape index (κ1) is 21.1. The van der Waals surface area contributed by atoms with Crippen molar-refractivity contribution >= 4 is 29.2 Å². The molecule has 0 unspecified atom stereocenters.